The van der Waals surface area contributed by atoms with Crippen LogP contribution in [0, 0.1) is 0 Å². The summed E-state index contributed by atoms with van der Waals surface area (Å²) in [5.74, 6) is -1.76. The molecule has 0 radical (unpaired) electrons. The molecular formula is C31H32N2O5. The molecule has 0 spiro atoms. The second-order valence-corrected chi connectivity index (χ2v) is 10.3. The third-order valence-corrected chi connectivity index (χ3v) is 6.23. The summed E-state index contributed by atoms with van der Waals surface area (Å²) in [5, 5.41) is 19.2. The quantitative estimate of drug-likeness (QED) is 0.299. The summed E-state index contributed by atoms with van der Waals surface area (Å²) in [5.41, 5.74) is 0.893. The van der Waals surface area contributed by atoms with E-state index in [9.17, 15) is 19.5 Å². The second kappa shape index (κ2) is 11.3. The van der Waals surface area contributed by atoms with Crippen LogP contribution in [0.4, 0.5) is 4.79 Å². The SMILES string of the molecule is CC(C)(C)OC(=O)NC(Cc1cccc2ccccc12)C(=O)NC(Cc1cccc2ccccc12)C(=O)O. The minimum atomic E-state index is -1.19. The van der Waals surface area contributed by atoms with Crippen LogP contribution in [-0.2, 0) is 27.2 Å². The van der Waals surface area contributed by atoms with Gasteiger partial charge in [0.15, 0.2) is 0 Å². The summed E-state index contributed by atoms with van der Waals surface area (Å²) in [4.78, 5) is 38.4. The van der Waals surface area contributed by atoms with E-state index in [0.29, 0.717) is 0 Å². The lowest BCUT2D eigenvalue weighted by atomic mass is 9.97. The average molecular weight is 513 g/mol. The Hall–Kier alpha value is -4.39. The fraction of sp³-hybridized carbons (Fsp3) is 0.258. The first kappa shape index (κ1) is 26.7. The lowest BCUT2D eigenvalue weighted by Gasteiger charge is -2.25. The highest BCUT2D eigenvalue weighted by Gasteiger charge is 2.29. The molecule has 0 bridgehead atoms. The Morgan fingerprint density at radius 2 is 1.18 bits per heavy atom. The van der Waals surface area contributed by atoms with Gasteiger partial charge in [0.25, 0.3) is 0 Å². The standard InChI is InChI=1S/C31H32N2O5/c1-31(2,3)38-30(37)33-26(18-22-14-8-12-20-10-4-6-16-24(20)22)28(34)32-27(29(35)36)19-23-15-9-13-21-11-5-7-17-25(21)23/h4-17,26-27H,18-19H2,1-3H3,(H,32,34)(H,33,37)(H,35,36). The van der Waals surface area contributed by atoms with E-state index in [1.54, 1.807) is 20.8 Å². The molecule has 4 aromatic carbocycles. The average Bonchev–Trinajstić information content (AvgIpc) is 2.87. The van der Waals surface area contributed by atoms with Crippen LogP contribution in [0.15, 0.2) is 84.9 Å². The van der Waals surface area contributed by atoms with E-state index >= 15 is 0 Å². The summed E-state index contributed by atoms with van der Waals surface area (Å²) < 4.78 is 5.39. The first-order chi connectivity index (χ1) is 18.1. The van der Waals surface area contributed by atoms with Crippen LogP contribution in [0.3, 0.4) is 0 Å². The molecular weight excluding hydrogens is 480 g/mol. The number of benzene rings is 4. The van der Waals surface area contributed by atoms with Crippen LogP contribution in [0.2, 0.25) is 0 Å². The van der Waals surface area contributed by atoms with Gasteiger partial charge in [-0.3, -0.25) is 4.79 Å². The molecule has 0 fully saturated rings. The maximum atomic E-state index is 13.5. The van der Waals surface area contributed by atoms with E-state index in [2.05, 4.69) is 10.6 Å². The van der Waals surface area contributed by atoms with Gasteiger partial charge in [-0.25, -0.2) is 9.59 Å². The highest BCUT2D eigenvalue weighted by Crippen LogP contribution is 2.22. The molecule has 0 saturated carbocycles. The van der Waals surface area contributed by atoms with Gasteiger partial charge in [0.2, 0.25) is 5.91 Å². The summed E-state index contributed by atoms with van der Waals surface area (Å²) in [6.45, 7) is 5.20. The molecule has 4 aromatic rings. The molecule has 0 aliphatic rings. The topological polar surface area (TPSA) is 105 Å². The molecule has 7 nitrogen and oxygen atoms in total. The number of carbonyl (C=O) groups excluding carboxylic acids is 2. The molecule has 2 unspecified atom stereocenters. The van der Waals surface area contributed by atoms with Crippen molar-refractivity contribution in [1.82, 2.24) is 10.6 Å². The molecule has 0 aliphatic carbocycles. The van der Waals surface area contributed by atoms with Crippen molar-refractivity contribution in [1.29, 1.82) is 0 Å². The number of alkyl carbamates (subject to hydrolysis) is 1. The van der Waals surface area contributed by atoms with Crippen molar-refractivity contribution in [3.8, 4) is 0 Å². The van der Waals surface area contributed by atoms with Crippen LogP contribution in [0.25, 0.3) is 21.5 Å². The number of hydrogen-bond donors (Lipinski definition) is 3. The number of ether oxygens (including phenoxy) is 1. The lowest BCUT2D eigenvalue weighted by molar-refractivity contribution is -0.142. The van der Waals surface area contributed by atoms with Gasteiger partial charge in [0, 0.05) is 12.8 Å². The van der Waals surface area contributed by atoms with E-state index in [1.165, 1.54) is 0 Å². The maximum Gasteiger partial charge on any atom is 0.408 e. The second-order valence-electron chi connectivity index (χ2n) is 10.3. The predicted octanol–water partition coefficient (Wildman–Crippen LogP) is 5.24. The van der Waals surface area contributed by atoms with Crippen LogP contribution >= 0.6 is 0 Å². The van der Waals surface area contributed by atoms with Crippen molar-refractivity contribution in [2.24, 2.45) is 0 Å². The summed E-state index contributed by atoms with van der Waals surface area (Å²) >= 11 is 0. The zero-order valence-corrected chi connectivity index (χ0v) is 21.7. The van der Waals surface area contributed by atoms with Gasteiger partial charge in [0.1, 0.15) is 17.7 Å². The fourth-order valence-electron chi connectivity index (χ4n) is 4.51. The van der Waals surface area contributed by atoms with Crippen molar-refractivity contribution < 1.29 is 24.2 Å². The Morgan fingerprint density at radius 1 is 0.711 bits per heavy atom. The normalized spacial score (nSPS) is 13.0. The maximum absolute atomic E-state index is 13.5. The number of rotatable bonds is 8. The molecule has 3 N–H and O–H groups in total. The molecule has 0 aliphatic heterocycles. The number of hydrogen-bond acceptors (Lipinski definition) is 4. The van der Waals surface area contributed by atoms with Crippen molar-refractivity contribution in [3.05, 3.63) is 96.1 Å². The summed E-state index contributed by atoms with van der Waals surface area (Å²) in [6.07, 6.45) is -0.498. The number of carboxylic acid groups (broad SMARTS) is 1. The van der Waals surface area contributed by atoms with Gasteiger partial charge in [-0.15, -0.1) is 0 Å². The highest BCUT2D eigenvalue weighted by atomic mass is 16.6. The van der Waals surface area contributed by atoms with Gasteiger partial charge in [-0.2, -0.15) is 0 Å². The number of carbonyl (C=O) groups is 3. The molecule has 2 atom stereocenters. The largest absolute Gasteiger partial charge is 0.480 e. The highest BCUT2D eigenvalue weighted by molar-refractivity contribution is 5.92. The molecule has 196 valence electrons. The van der Waals surface area contributed by atoms with Crippen molar-refractivity contribution in [3.63, 3.8) is 0 Å². The van der Waals surface area contributed by atoms with E-state index in [4.69, 9.17) is 4.74 Å². The van der Waals surface area contributed by atoms with Gasteiger partial charge >= 0.3 is 12.1 Å². The number of aliphatic carboxylic acids is 1. The first-order valence-corrected chi connectivity index (χ1v) is 12.6. The summed E-state index contributed by atoms with van der Waals surface area (Å²) in [7, 11) is 0. The van der Waals surface area contributed by atoms with Crippen LogP contribution in [0.1, 0.15) is 31.9 Å². The Kier molecular flexibility index (Phi) is 7.96. The number of nitrogens with one attached hydrogen (secondary N) is 2. The molecule has 7 heteroatoms. The molecule has 38 heavy (non-hydrogen) atoms. The molecule has 2 amide bonds. The van der Waals surface area contributed by atoms with E-state index < -0.39 is 35.7 Å². The van der Waals surface area contributed by atoms with Crippen LogP contribution in [-0.4, -0.2) is 40.8 Å². The Labute approximate surface area is 221 Å². The lowest BCUT2D eigenvalue weighted by Crippen LogP contribution is -2.53. The van der Waals surface area contributed by atoms with Gasteiger partial charge in [-0.05, 0) is 53.4 Å². The molecule has 4 rings (SSSR count). The molecule has 0 saturated heterocycles. The first-order valence-electron chi connectivity index (χ1n) is 12.6. The minimum Gasteiger partial charge on any atom is -0.480 e. The van der Waals surface area contributed by atoms with Crippen LogP contribution in [0.5, 0.6) is 0 Å². The van der Waals surface area contributed by atoms with Crippen molar-refractivity contribution >= 4 is 39.5 Å². The predicted molar refractivity (Wildman–Crippen MR) is 148 cm³/mol. The Balaban J connectivity index is 1.60. The van der Waals surface area contributed by atoms with Gasteiger partial charge in [-0.1, -0.05) is 84.9 Å². The van der Waals surface area contributed by atoms with Gasteiger partial charge in [0.05, 0.1) is 0 Å². The van der Waals surface area contributed by atoms with Crippen LogP contribution < -0.4 is 10.6 Å². The molecule has 0 heterocycles. The Morgan fingerprint density at radius 3 is 1.68 bits per heavy atom. The number of amides is 2. The number of carboxylic acids is 1. The third-order valence-electron chi connectivity index (χ3n) is 6.23. The fourth-order valence-corrected chi connectivity index (χ4v) is 4.51. The zero-order chi connectivity index (χ0) is 27.3. The van der Waals surface area contributed by atoms with Crippen molar-refractivity contribution in [2.45, 2.75) is 51.3 Å². The third kappa shape index (κ3) is 6.68. The Bertz CT molecular complexity index is 1460. The monoisotopic (exact) mass is 512 g/mol. The number of fused-ring (bicyclic) bond motifs is 2. The van der Waals surface area contributed by atoms with E-state index in [0.717, 1.165) is 32.7 Å². The van der Waals surface area contributed by atoms with Gasteiger partial charge < -0.3 is 20.5 Å². The van der Waals surface area contributed by atoms with E-state index in [1.807, 2.05) is 84.9 Å². The van der Waals surface area contributed by atoms with Crippen molar-refractivity contribution in [2.75, 3.05) is 0 Å². The summed E-state index contributed by atoms with van der Waals surface area (Å²) in [6, 6.07) is 24.7. The minimum absolute atomic E-state index is 0.0931. The smallest absolute Gasteiger partial charge is 0.408 e. The van der Waals surface area contributed by atoms with E-state index in [-0.39, 0.29) is 12.8 Å². The molecule has 0 aromatic heterocycles. The zero-order valence-electron chi connectivity index (χ0n) is 21.7.